The van der Waals surface area contributed by atoms with Crippen molar-refractivity contribution in [3.63, 3.8) is 0 Å². The van der Waals surface area contributed by atoms with Gasteiger partial charge in [-0.2, -0.15) is 0 Å². The number of rotatable bonds is 5. The monoisotopic (exact) mass is 347 g/mol. The lowest BCUT2D eigenvalue weighted by Crippen LogP contribution is -2.08. The molecule has 1 N–H and O–H groups in total. The van der Waals surface area contributed by atoms with E-state index >= 15 is 0 Å². The third-order valence-electron chi connectivity index (χ3n) is 3.55. The highest BCUT2D eigenvalue weighted by molar-refractivity contribution is 9.10. The largest absolute Gasteiger partial charge is 0.370 e. The summed E-state index contributed by atoms with van der Waals surface area (Å²) in [4.78, 5) is 9.44. The molecule has 0 radical (unpaired) electrons. The second kappa shape index (κ2) is 7.03. The highest BCUT2D eigenvalue weighted by atomic mass is 79.9. The van der Waals surface area contributed by atoms with Crippen molar-refractivity contribution >= 4 is 21.7 Å². The maximum absolute atomic E-state index is 4.73. The van der Waals surface area contributed by atoms with Crippen LogP contribution in [-0.2, 0) is 6.42 Å². The SMILES string of the molecule is CCCNc1nc(-c2ccc(C)c(Br)c2)nc(CC)c1C. The summed E-state index contributed by atoms with van der Waals surface area (Å²) in [5.74, 6) is 1.74. The zero-order valence-corrected chi connectivity index (χ0v) is 14.7. The van der Waals surface area contributed by atoms with E-state index in [0.717, 1.165) is 52.3 Å². The molecule has 0 aliphatic heterocycles. The minimum Gasteiger partial charge on any atom is -0.370 e. The molecule has 0 unspecified atom stereocenters. The summed E-state index contributed by atoms with van der Waals surface area (Å²) in [6.07, 6.45) is 1.99. The van der Waals surface area contributed by atoms with E-state index < -0.39 is 0 Å². The fourth-order valence-electron chi connectivity index (χ4n) is 2.18. The van der Waals surface area contributed by atoms with Crippen LogP contribution in [0, 0.1) is 13.8 Å². The third-order valence-corrected chi connectivity index (χ3v) is 4.41. The van der Waals surface area contributed by atoms with Crippen molar-refractivity contribution in [2.24, 2.45) is 0 Å². The van der Waals surface area contributed by atoms with Crippen LogP contribution in [0.25, 0.3) is 11.4 Å². The van der Waals surface area contributed by atoms with Crippen molar-refractivity contribution in [1.29, 1.82) is 0 Å². The smallest absolute Gasteiger partial charge is 0.161 e. The molecule has 4 heteroatoms. The number of anilines is 1. The van der Waals surface area contributed by atoms with E-state index in [1.165, 1.54) is 5.56 Å². The van der Waals surface area contributed by atoms with Gasteiger partial charge in [0, 0.05) is 27.8 Å². The molecule has 0 saturated carbocycles. The summed E-state index contributed by atoms with van der Waals surface area (Å²) in [6, 6.07) is 6.25. The van der Waals surface area contributed by atoms with Gasteiger partial charge >= 0.3 is 0 Å². The Bertz CT molecular complexity index is 638. The molecule has 1 aromatic heterocycles. The summed E-state index contributed by atoms with van der Waals surface area (Å²) in [5.41, 5.74) is 4.52. The van der Waals surface area contributed by atoms with Crippen LogP contribution in [0.2, 0.25) is 0 Å². The van der Waals surface area contributed by atoms with Crippen LogP contribution in [0.1, 0.15) is 37.1 Å². The molecule has 0 aliphatic carbocycles. The molecule has 21 heavy (non-hydrogen) atoms. The van der Waals surface area contributed by atoms with Crippen LogP contribution in [0.5, 0.6) is 0 Å². The van der Waals surface area contributed by atoms with Crippen LogP contribution in [0.15, 0.2) is 22.7 Å². The van der Waals surface area contributed by atoms with Crippen molar-refractivity contribution in [1.82, 2.24) is 9.97 Å². The average molecular weight is 348 g/mol. The molecular formula is C17H22BrN3. The molecule has 0 spiro atoms. The van der Waals surface area contributed by atoms with Crippen molar-refractivity contribution in [3.8, 4) is 11.4 Å². The summed E-state index contributed by atoms with van der Waals surface area (Å²) >= 11 is 3.58. The first-order chi connectivity index (χ1) is 10.1. The van der Waals surface area contributed by atoms with E-state index in [1.54, 1.807) is 0 Å². The molecule has 2 aromatic rings. The van der Waals surface area contributed by atoms with E-state index in [9.17, 15) is 0 Å². The Kier molecular flexibility index (Phi) is 5.34. The lowest BCUT2D eigenvalue weighted by atomic mass is 10.1. The Morgan fingerprint density at radius 3 is 2.52 bits per heavy atom. The highest BCUT2D eigenvalue weighted by Crippen LogP contribution is 2.26. The standard InChI is InChI=1S/C17H22BrN3/c1-5-9-19-16-12(4)15(6-2)20-17(21-16)13-8-7-11(3)14(18)10-13/h7-8,10H,5-6,9H2,1-4H3,(H,19,20,21). The Morgan fingerprint density at radius 1 is 1.14 bits per heavy atom. The molecule has 0 saturated heterocycles. The maximum atomic E-state index is 4.73. The van der Waals surface area contributed by atoms with Gasteiger partial charge < -0.3 is 5.32 Å². The maximum Gasteiger partial charge on any atom is 0.161 e. The first-order valence-corrected chi connectivity index (χ1v) is 8.24. The Balaban J connectivity index is 2.49. The van der Waals surface area contributed by atoms with Gasteiger partial charge in [-0.25, -0.2) is 9.97 Å². The number of nitrogens with zero attached hydrogens (tertiary/aromatic N) is 2. The van der Waals surface area contributed by atoms with Crippen LogP contribution in [-0.4, -0.2) is 16.5 Å². The molecule has 0 fully saturated rings. The summed E-state index contributed by atoms with van der Waals surface area (Å²) in [7, 11) is 0. The zero-order valence-electron chi connectivity index (χ0n) is 13.1. The predicted molar refractivity (Wildman–Crippen MR) is 92.8 cm³/mol. The van der Waals surface area contributed by atoms with Gasteiger partial charge in [-0.1, -0.05) is 41.9 Å². The molecule has 2 rings (SSSR count). The number of halogens is 1. The number of aromatic nitrogens is 2. The first kappa shape index (κ1) is 16.0. The Labute approximate surface area is 135 Å². The minimum atomic E-state index is 0.789. The summed E-state index contributed by atoms with van der Waals surface area (Å²) in [5, 5.41) is 3.41. The van der Waals surface area contributed by atoms with E-state index in [4.69, 9.17) is 9.97 Å². The van der Waals surface area contributed by atoms with Crippen molar-refractivity contribution < 1.29 is 0 Å². The number of aryl methyl sites for hydroxylation is 2. The van der Waals surface area contributed by atoms with Gasteiger partial charge in [0.15, 0.2) is 5.82 Å². The van der Waals surface area contributed by atoms with Crippen molar-refractivity contribution in [2.45, 2.75) is 40.5 Å². The summed E-state index contributed by atoms with van der Waals surface area (Å²) < 4.78 is 1.09. The molecule has 1 aromatic carbocycles. The average Bonchev–Trinajstić information content (AvgIpc) is 2.49. The van der Waals surface area contributed by atoms with Crippen molar-refractivity contribution in [3.05, 3.63) is 39.5 Å². The Morgan fingerprint density at radius 2 is 1.90 bits per heavy atom. The van der Waals surface area contributed by atoms with Gasteiger partial charge in [0.25, 0.3) is 0 Å². The van der Waals surface area contributed by atoms with E-state index in [-0.39, 0.29) is 0 Å². The van der Waals surface area contributed by atoms with Crippen LogP contribution >= 0.6 is 15.9 Å². The second-order valence-corrected chi connectivity index (χ2v) is 6.07. The normalized spacial score (nSPS) is 10.7. The van der Waals surface area contributed by atoms with Crippen molar-refractivity contribution in [2.75, 3.05) is 11.9 Å². The number of hydrogen-bond acceptors (Lipinski definition) is 3. The topological polar surface area (TPSA) is 37.8 Å². The fraction of sp³-hybridized carbons (Fsp3) is 0.412. The number of hydrogen-bond donors (Lipinski definition) is 1. The van der Waals surface area contributed by atoms with E-state index in [2.05, 4.69) is 67.1 Å². The van der Waals surface area contributed by atoms with Crippen LogP contribution in [0.3, 0.4) is 0 Å². The molecule has 1 heterocycles. The predicted octanol–water partition coefficient (Wildman–Crippen LogP) is 4.91. The van der Waals surface area contributed by atoms with E-state index in [0.29, 0.717) is 0 Å². The van der Waals surface area contributed by atoms with Gasteiger partial charge in [0.2, 0.25) is 0 Å². The highest BCUT2D eigenvalue weighted by Gasteiger charge is 2.11. The van der Waals surface area contributed by atoms with Gasteiger partial charge in [0.1, 0.15) is 5.82 Å². The van der Waals surface area contributed by atoms with Crippen LogP contribution < -0.4 is 5.32 Å². The summed E-state index contributed by atoms with van der Waals surface area (Å²) in [6.45, 7) is 9.38. The first-order valence-electron chi connectivity index (χ1n) is 7.44. The fourth-order valence-corrected chi connectivity index (χ4v) is 2.56. The molecule has 3 nitrogen and oxygen atoms in total. The number of benzene rings is 1. The van der Waals surface area contributed by atoms with E-state index in [1.807, 2.05) is 0 Å². The molecule has 0 amide bonds. The van der Waals surface area contributed by atoms with Gasteiger partial charge in [0.05, 0.1) is 0 Å². The third kappa shape index (κ3) is 3.62. The quantitative estimate of drug-likeness (QED) is 0.834. The molecule has 112 valence electrons. The number of nitrogens with one attached hydrogen (secondary N) is 1. The second-order valence-electron chi connectivity index (χ2n) is 5.21. The van der Waals surface area contributed by atoms with Crippen LogP contribution in [0.4, 0.5) is 5.82 Å². The van der Waals surface area contributed by atoms with Gasteiger partial charge in [-0.15, -0.1) is 0 Å². The van der Waals surface area contributed by atoms with Gasteiger partial charge in [-0.3, -0.25) is 0 Å². The molecule has 0 bridgehead atoms. The lowest BCUT2D eigenvalue weighted by molar-refractivity contribution is 0.936. The zero-order chi connectivity index (χ0) is 15.4. The Hall–Kier alpha value is -1.42. The molecular weight excluding hydrogens is 326 g/mol. The van der Waals surface area contributed by atoms with Gasteiger partial charge in [-0.05, 0) is 38.3 Å². The molecule has 0 aliphatic rings. The minimum absolute atomic E-state index is 0.789. The molecule has 0 atom stereocenters. The lowest BCUT2D eigenvalue weighted by Gasteiger charge is -2.13.